The third-order valence-electron chi connectivity index (χ3n) is 3.36. The van der Waals surface area contributed by atoms with Crippen LogP contribution in [0.3, 0.4) is 0 Å². The summed E-state index contributed by atoms with van der Waals surface area (Å²) in [6.07, 6.45) is 6.94. The average Bonchev–Trinajstić information content (AvgIpc) is 2.92. The Morgan fingerprint density at radius 1 is 1.40 bits per heavy atom. The molecule has 0 saturated heterocycles. The van der Waals surface area contributed by atoms with E-state index in [1.807, 2.05) is 6.92 Å². The summed E-state index contributed by atoms with van der Waals surface area (Å²) in [5, 5.41) is 11.0. The summed E-state index contributed by atoms with van der Waals surface area (Å²) in [4.78, 5) is 12.0. The Kier molecular flexibility index (Phi) is 7.22. The van der Waals surface area contributed by atoms with E-state index < -0.39 is 0 Å². The lowest BCUT2D eigenvalue weighted by atomic mass is 10.1. The number of amides is 1. The summed E-state index contributed by atoms with van der Waals surface area (Å²) in [5.74, 6) is -0.0263. The zero-order chi connectivity index (χ0) is 15.0. The molecule has 1 rings (SSSR count). The van der Waals surface area contributed by atoms with Gasteiger partial charge in [0.25, 0.3) is 0 Å². The number of nitrogens with zero attached hydrogens (tertiary/aromatic N) is 3. The highest BCUT2D eigenvalue weighted by atomic mass is 16.2. The maximum Gasteiger partial charge on any atom is 0.244 e. The minimum Gasteiger partial charge on any atom is -0.354 e. The average molecular weight is 281 g/mol. The van der Waals surface area contributed by atoms with Crippen LogP contribution in [0.4, 0.5) is 0 Å². The number of carbonyl (C=O) groups excluding carboxylic acids is 1. The van der Waals surface area contributed by atoms with Crippen molar-refractivity contribution in [2.24, 2.45) is 5.73 Å². The van der Waals surface area contributed by atoms with Gasteiger partial charge in [0.2, 0.25) is 5.91 Å². The van der Waals surface area contributed by atoms with Gasteiger partial charge in [-0.25, -0.2) is 4.68 Å². The fourth-order valence-electron chi connectivity index (χ4n) is 1.96. The molecule has 1 aromatic rings. The molecule has 0 aromatic carbocycles. The molecule has 0 spiro atoms. The molecule has 0 aliphatic heterocycles. The Bertz CT molecular complexity index is 404. The molecule has 0 bridgehead atoms. The smallest absolute Gasteiger partial charge is 0.244 e. The highest BCUT2D eigenvalue weighted by Gasteiger charge is 2.18. The van der Waals surface area contributed by atoms with Crippen molar-refractivity contribution < 1.29 is 4.79 Å². The SMILES string of the molecule is CCCCCNC(=O)C(C)n1cc(C(N)CCC)nn1. The number of carbonyl (C=O) groups is 1. The maximum atomic E-state index is 12.0. The molecule has 2 atom stereocenters. The maximum absolute atomic E-state index is 12.0. The van der Waals surface area contributed by atoms with Gasteiger partial charge in [-0.2, -0.15) is 0 Å². The number of unbranched alkanes of at least 4 members (excludes halogenated alkanes) is 2. The van der Waals surface area contributed by atoms with Crippen molar-refractivity contribution >= 4 is 5.91 Å². The summed E-state index contributed by atoms with van der Waals surface area (Å²) in [5.41, 5.74) is 6.74. The van der Waals surface area contributed by atoms with E-state index in [1.54, 1.807) is 10.9 Å². The van der Waals surface area contributed by atoms with Gasteiger partial charge in [-0.15, -0.1) is 5.10 Å². The first-order valence-electron chi connectivity index (χ1n) is 7.55. The van der Waals surface area contributed by atoms with Crippen molar-refractivity contribution in [3.05, 3.63) is 11.9 Å². The van der Waals surface area contributed by atoms with Crippen molar-refractivity contribution in [1.82, 2.24) is 20.3 Å². The van der Waals surface area contributed by atoms with Crippen LogP contribution in [-0.2, 0) is 4.79 Å². The molecule has 6 heteroatoms. The summed E-state index contributed by atoms with van der Waals surface area (Å²) >= 11 is 0. The molecule has 1 heterocycles. The predicted molar refractivity (Wildman–Crippen MR) is 79.1 cm³/mol. The lowest BCUT2D eigenvalue weighted by Crippen LogP contribution is -2.32. The van der Waals surface area contributed by atoms with Gasteiger partial charge in [-0.1, -0.05) is 38.3 Å². The highest BCUT2D eigenvalue weighted by molar-refractivity contribution is 5.79. The van der Waals surface area contributed by atoms with Crippen LogP contribution in [-0.4, -0.2) is 27.4 Å². The fourth-order valence-corrected chi connectivity index (χ4v) is 1.96. The Balaban J connectivity index is 2.50. The number of nitrogens with two attached hydrogens (primary N) is 1. The van der Waals surface area contributed by atoms with Gasteiger partial charge in [0.05, 0.1) is 17.9 Å². The van der Waals surface area contributed by atoms with E-state index >= 15 is 0 Å². The Labute approximate surface area is 121 Å². The van der Waals surface area contributed by atoms with Gasteiger partial charge in [0.15, 0.2) is 0 Å². The van der Waals surface area contributed by atoms with E-state index in [-0.39, 0.29) is 18.0 Å². The second kappa shape index (κ2) is 8.68. The molecular formula is C14H27N5O. The Morgan fingerprint density at radius 2 is 2.15 bits per heavy atom. The molecule has 0 fully saturated rings. The standard InChI is InChI=1S/C14H27N5O/c1-4-6-7-9-16-14(20)11(3)19-10-13(17-18-19)12(15)8-5-2/h10-12H,4-9,15H2,1-3H3,(H,16,20). The van der Waals surface area contributed by atoms with E-state index in [9.17, 15) is 4.79 Å². The Morgan fingerprint density at radius 3 is 2.80 bits per heavy atom. The van der Waals surface area contributed by atoms with Crippen molar-refractivity contribution in [2.45, 2.75) is 65.0 Å². The highest BCUT2D eigenvalue weighted by Crippen LogP contribution is 2.14. The molecule has 0 radical (unpaired) electrons. The van der Waals surface area contributed by atoms with Crippen LogP contribution < -0.4 is 11.1 Å². The summed E-state index contributed by atoms with van der Waals surface area (Å²) < 4.78 is 1.58. The first kappa shape index (κ1) is 16.6. The predicted octanol–water partition coefficient (Wildman–Crippen LogP) is 1.95. The first-order chi connectivity index (χ1) is 9.60. The molecule has 6 nitrogen and oxygen atoms in total. The molecule has 2 unspecified atom stereocenters. The lowest BCUT2D eigenvalue weighted by molar-refractivity contribution is -0.124. The summed E-state index contributed by atoms with van der Waals surface area (Å²) in [6.45, 7) is 6.75. The summed E-state index contributed by atoms with van der Waals surface area (Å²) in [6, 6.07) is -0.458. The summed E-state index contributed by atoms with van der Waals surface area (Å²) in [7, 11) is 0. The number of nitrogens with one attached hydrogen (secondary N) is 1. The second-order valence-corrected chi connectivity index (χ2v) is 5.19. The van der Waals surface area contributed by atoms with Gasteiger partial charge < -0.3 is 11.1 Å². The first-order valence-corrected chi connectivity index (χ1v) is 7.55. The molecule has 1 aromatic heterocycles. The van der Waals surface area contributed by atoms with Crippen molar-refractivity contribution in [3.8, 4) is 0 Å². The topological polar surface area (TPSA) is 85.8 Å². The van der Waals surface area contributed by atoms with E-state index in [0.29, 0.717) is 6.54 Å². The monoisotopic (exact) mass is 281 g/mol. The van der Waals surface area contributed by atoms with Gasteiger partial charge >= 0.3 is 0 Å². The third-order valence-corrected chi connectivity index (χ3v) is 3.36. The second-order valence-electron chi connectivity index (χ2n) is 5.19. The lowest BCUT2D eigenvalue weighted by Gasteiger charge is -2.11. The van der Waals surface area contributed by atoms with E-state index in [1.165, 1.54) is 0 Å². The van der Waals surface area contributed by atoms with Crippen LogP contribution in [0.1, 0.15) is 70.7 Å². The van der Waals surface area contributed by atoms with E-state index in [0.717, 1.165) is 37.8 Å². The Hall–Kier alpha value is -1.43. The minimum absolute atomic E-state index is 0.0263. The van der Waals surface area contributed by atoms with Crippen molar-refractivity contribution in [3.63, 3.8) is 0 Å². The molecular weight excluding hydrogens is 254 g/mol. The largest absolute Gasteiger partial charge is 0.354 e. The zero-order valence-electron chi connectivity index (χ0n) is 12.8. The van der Waals surface area contributed by atoms with E-state index in [2.05, 4.69) is 29.5 Å². The van der Waals surface area contributed by atoms with Gasteiger partial charge in [-0.05, 0) is 19.8 Å². The van der Waals surface area contributed by atoms with Gasteiger partial charge in [-0.3, -0.25) is 4.79 Å². The van der Waals surface area contributed by atoms with E-state index in [4.69, 9.17) is 5.73 Å². The van der Waals surface area contributed by atoms with Crippen molar-refractivity contribution in [2.75, 3.05) is 6.54 Å². The third kappa shape index (κ3) is 4.92. The van der Waals surface area contributed by atoms with Gasteiger partial charge in [0, 0.05) is 6.54 Å². The number of hydrogen-bond donors (Lipinski definition) is 2. The van der Waals surface area contributed by atoms with Crippen LogP contribution >= 0.6 is 0 Å². The molecule has 0 aliphatic rings. The number of rotatable bonds is 9. The molecule has 20 heavy (non-hydrogen) atoms. The normalized spacial score (nSPS) is 14.0. The number of hydrogen-bond acceptors (Lipinski definition) is 4. The van der Waals surface area contributed by atoms with Crippen molar-refractivity contribution in [1.29, 1.82) is 0 Å². The van der Waals surface area contributed by atoms with Crippen LogP contribution in [0, 0.1) is 0 Å². The van der Waals surface area contributed by atoms with Crippen LogP contribution in [0.2, 0.25) is 0 Å². The van der Waals surface area contributed by atoms with Gasteiger partial charge in [0.1, 0.15) is 6.04 Å². The molecule has 0 aliphatic carbocycles. The number of aromatic nitrogens is 3. The fraction of sp³-hybridized carbons (Fsp3) is 0.786. The van der Waals surface area contributed by atoms with Crippen LogP contribution in [0.15, 0.2) is 6.20 Å². The molecule has 1 amide bonds. The zero-order valence-corrected chi connectivity index (χ0v) is 12.8. The molecule has 114 valence electrons. The van der Waals surface area contributed by atoms with Crippen LogP contribution in [0.5, 0.6) is 0 Å². The molecule has 0 saturated carbocycles. The minimum atomic E-state index is -0.355. The quantitative estimate of drug-likeness (QED) is 0.677. The molecule has 3 N–H and O–H groups in total. The van der Waals surface area contributed by atoms with Crippen LogP contribution in [0.25, 0.3) is 0 Å².